The van der Waals surface area contributed by atoms with Crippen LogP contribution in [0, 0.1) is 10.1 Å². The predicted octanol–water partition coefficient (Wildman–Crippen LogP) is 2.57. The number of hydrogen-bond donors (Lipinski definition) is 0. The van der Waals surface area contributed by atoms with E-state index in [1.54, 1.807) is 36.3 Å². The minimum Gasteiger partial charge on any atom is -0.496 e. The van der Waals surface area contributed by atoms with E-state index in [1.165, 1.54) is 12.1 Å². The topological polar surface area (TPSA) is 75.9 Å². The van der Waals surface area contributed by atoms with Gasteiger partial charge in [0.15, 0.2) is 0 Å². The molecule has 0 N–H and O–H groups in total. The van der Waals surface area contributed by atoms with Gasteiger partial charge in [0.1, 0.15) is 5.75 Å². The van der Waals surface area contributed by atoms with Gasteiger partial charge in [-0.1, -0.05) is 12.1 Å². The molecule has 0 saturated carbocycles. The molecule has 7 heteroatoms. The maximum Gasteiger partial charge on any atom is 0.269 e. The van der Waals surface area contributed by atoms with Crippen molar-refractivity contribution in [1.82, 2.24) is 4.90 Å². The number of benzene rings is 2. The first-order valence-electron chi connectivity index (χ1n) is 8.02. The van der Waals surface area contributed by atoms with E-state index >= 15 is 0 Å². The van der Waals surface area contributed by atoms with E-state index in [1.807, 2.05) is 12.1 Å². The van der Waals surface area contributed by atoms with E-state index in [0.717, 1.165) is 5.69 Å². The van der Waals surface area contributed by atoms with Gasteiger partial charge in [0.2, 0.25) is 0 Å². The maximum atomic E-state index is 12.7. The molecule has 0 aromatic heterocycles. The average Bonchev–Trinajstić information content (AvgIpc) is 2.67. The molecule has 25 heavy (non-hydrogen) atoms. The van der Waals surface area contributed by atoms with Crippen molar-refractivity contribution in [1.29, 1.82) is 0 Å². The van der Waals surface area contributed by atoms with Gasteiger partial charge in [0.05, 0.1) is 17.6 Å². The smallest absolute Gasteiger partial charge is 0.269 e. The van der Waals surface area contributed by atoms with Crippen molar-refractivity contribution < 1.29 is 14.5 Å². The Balaban J connectivity index is 1.65. The molecule has 0 atom stereocenters. The quantitative estimate of drug-likeness (QED) is 0.631. The second-order valence-electron chi connectivity index (χ2n) is 5.75. The third-order valence-corrected chi connectivity index (χ3v) is 4.33. The van der Waals surface area contributed by atoms with Crippen LogP contribution in [-0.2, 0) is 0 Å². The number of rotatable bonds is 4. The molecule has 1 aliphatic rings. The summed E-state index contributed by atoms with van der Waals surface area (Å²) < 4.78 is 5.27. The number of piperazine rings is 1. The first-order chi connectivity index (χ1) is 12.1. The second-order valence-corrected chi connectivity index (χ2v) is 5.75. The summed E-state index contributed by atoms with van der Waals surface area (Å²) in [5.74, 6) is 0.533. The molecule has 1 saturated heterocycles. The van der Waals surface area contributed by atoms with Crippen LogP contribution >= 0.6 is 0 Å². The average molecular weight is 341 g/mol. The van der Waals surface area contributed by atoms with Gasteiger partial charge < -0.3 is 14.5 Å². The molecule has 1 heterocycles. The van der Waals surface area contributed by atoms with Gasteiger partial charge in [-0.2, -0.15) is 0 Å². The Morgan fingerprint density at radius 3 is 2.28 bits per heavy atom. The molecule has 2 aromatic carbocycles. The minimum atomic E-state index is -0.409. The predicted molar refractivity (Wildman–Crippen MR) is 94.2 cm³/mol. The zero-order chi connectivity index (χ0) is 17.8. The van der Waals surface area contributed by atoms with E-state index in [2.05, 4.69) is 4.90 Å². The third-order valence-electron chi connectivity index (χ3n) is 4.33. The molecule has 1 amide bonds. The number of anilines is 1. The Morgan fingerprint density at radius 1 is 1.04 bits per heavy atom. The number of amides is 1. The molecule has 7 nitrogen and oxygen atoms in total. The lowest BCUT2D eigenvalue weighted by Gasteiger charge is -2.36. The number of para-hydroxylation sites is 1. The maximum absolute atomic E-state index is 12.7. The van der Waals surface area contributed by atoms with Crippen molar-refractivity contribution in [2.75, 3.05) is 38.2 Å². The zero-order valence-electron chi connectivity index (χ0n) is 13.9. The first kappa shape index (κ1) is 16.8. The van der Waals surface area contributed by atoms with Gasteiger partial charge in [0, 0.05) is 44.0 Å². The van der Waals surface area contributed by atoms with Crippen molar-refractivity contribution in [3.63, 3.8) is 0 Å². The zero-order valence-corrected chi connectivity index (χ0v) is 13.9. The summed E-state index contributed by atoms with van der Waals surface area (Å²) in [5.41, 5.74) is 1.57. The fourth-order valence-electron chi connectivity index (χ4n) is 2.94. The molecule has 0 bridgehead atoms. The number of non-ortho nitro benzene ring substituents is 1. The monoisotopic (exact) mass is 341 g/mol. The molecular weight excluding hydrogens is 322 g/mol. The molecule has 0 unspecified atom stereocenters. The highest BCUT2D eigenvalue weighted by Crippen LogP contribution is 2.23. The summed E-state index contributed by atoms with van der Waals surface area (Å²) in [7, 11) is 1.55. The number of nitro benzene ring substituents is 1. The van der Waals surface area contributed by atoms with Gasteiger partial charge in [-0.3, -0.25) is 14.9 Å². The summed E-state index contributed by atoms with van der Waals surface area (Å²) in [6.07, 6.45) is 0. The number of nitrogens with zero attached hydrogens (tertiary/aromatic N) is 3. The number of ether oxygens (including phenoxy) is 1. The van der Waals surface area contributed by atoms with Crippen LogP contribution in [-0.4, -0.2) is 49.0 Å². The summed E-state index contributed by atoms with van der Waals surface area (Å²) in [6, 6.07) is 13.7. The molecule has 0 spiro atoms. The Bertz CT molecular complexity index is 768. The van der Waals surface area contributed by atoms with Gasteiger partial charge in [-0.15, -0.1) is 0 Å². The first-order valence-corrected chi connectivity index (χ1v) is 8.02. The largest absolute Gasteiger partial charge is 0.496 e. The third kappa shape index (κ3) is 3.55. The lowest BCUT2D eigenvalue weighted by Crippen LogP contribution is -2.48. The van der Waals surface area contributed by atoms with E-state index in [9.17, 15) is 14.9 Å². The fraction of sp³-hybridized carbons (Fsp3) is 0.278. The number of methoxy groups -OCH3 is 1. The van der Waals surface area contributed by atoms with E-state index in [4.69, 9.17) is 4.74 Å². The SMILES string of the molecule is COc1ccccc1C(=O)N1CCN(c2ccc([N+](=O)[O-])cc2)CC1. The molecule has 3 rings (SSSR count). The van der Waals surface area contributed by atoms with Crippen LogP contribution in [0.3, 0.4) is 0 Å². The van der Waals surface area contributed by atoms with Gasteiger partial charge >= 0.3 is 0 Å². The van der Waals surface area contributed by atoms with Gasteiger partial charge in [0.25, 0.3) is 11.6 Å². The van der Waals surface area contributed by atoms with Crippen molar-refractivity contribution >= 4 is 17.3 Å². The summed E-state index contributed by atoms with van der Waals surface area (Å²) in [5, 5.41) is 10.7. The molecule has 130 valence electrons. The molecule has 2 aromatic rings. The van der Waals surface area contributed by atoms with Gasteiger partial charge in [-0.05, 0) is 24.3 Å². The molecule has 0 aliphatic carbocycles. The van der Waals surface area contributed by atoms with Crippen molar-refractivity contribution in [3.8, 4) is 5.75 Å². The van der Waals surface area contributed by atoms with E-state index in [0.29, 0.717) is 37.5 Å². The number of carbonyl (C=O) groups is 1. The standard InChI is InChI=1S/C18H19N3O4/c1-25-17-5-3-2-4-16(17)18(22)20-12-10-19(11-13-20)14-6-8-15(9-7-14)21(23)24/h2-9H,10-13H2,1H3. The van der Waals surface area contributed by atoms with Crippen molar-refractivity contribution in [2.45, 2.75) is 0 Å². The highest BCUT2D eigenvalue weighted by Gasteiger charge is 2.24. The number of nitro groups is 1. The molecule has 1 fully saturated rings. The van der Waals surface area contributed by atoms with Crippen LogP contribution in [0.1, 0.15) is 10.4 Å². The highest BCUT2D eigenvalue weighted by molar-refractivity contribution is 5.97. The van der Waals surface area contributed by atoms with E-state index < -0.39 is 4.92 Å². The van der Waals surface area contributed by atoms with Crippen LogP contribution in [0.15, 0.2) is 48.5 Å². The van der Waals surface area contributed by atoms with Crippen LogP contribution in [0.5, 0.6) is 5.75 Å². The van der Waals surface area contributed by atoms with Crippen LogP contribution in [0.25, 0.3) is 0 Å². The molecular formula is C18H19N3O4. The fourth-order valence-corrected chi connectivity index (χ4v) is 2.94. The highest BCUT2D eigenvalue weighted by atomic mass is 16.6. The Hall–Kier alpha value is -3.09. The number of carbonyl (C=O) groups excluding carboxylic acids is 1. The lowest BCUT2D eigenvalue weighted by molar-refractivity contribution is -0.384. The molecule has 1 aliphatic heterocycles. The van der Waals surface area contributed by atoms with Gasteiger partial charge in [-0.25, -0.2) is 0 Å². The Kier molecular flexibility index (Phi) is 4.83. The van der Waals surface area contributed by atoms with Crippen LogP contribution in [0.2, 0.25) is 0 Å². The summed E-state index contributed by atoms with van der Waals surface area (Å²) in [4.78, 5) is 26.9. The molecule has 0 radical (unpaired) electrons. The normalized spacial score (nSPS) is 14.3. The summed E-state index contributed by atoms with van der Waals surface area (Å²) in [6.45, 7) is 2.54. The Morgan fingerprint density at radius 2 is 1.68 bits per heavy atom. The van der Waals surface area contributed by atoms with Crippen LogP contribution in [0.4, 0.5) is 11.4 Å². The lowest BCUT2D eigenvalue weighted by atomic mass is 10.1. The minimum absolute atomic E-state index is 0.0409. The van der Waals surface area contributed by atoms with E-state index in [-0.39, 0.29) is 11.6 Å². The number of hydrogen-bond acceptors (Lipinski definition) is 5. The van der Waals surface area contributed by atoms with Crippen LogP contribution < -0.4 is 9.64 Å². The van der Waals surface area contributed by atoms with Crippen molar-refractivity contribution in [3.05, 3.63) is 64.2 Å². The second kappa shape index (κ2) is 7.21. The Labute approximate surface area is 145 Å². The van der Waals surface area contributed by atoms with Crippen molar-refractivity contribution in [2.24, 2.45) is 0 Å². The summed E-state index contributed by atoms with van der Waals surface area (Å²) >= 11 is 0.